The van der Waals surface area contributed by atoms with Gasteiger partial charge in [0.2, 0.25) is 0 Å². The van der Waals surface area contributed by atoms with Crippen molar-refractivity contribution in [2.45, 2.75) is 24.6 Å². The van der Waals surface area contributed by atoms with E-state index in [-0.39, 0.29) is 35.1 Å². The molecule has 1 aliphatic heterocycles. The molecule has 1 aromatic heterocycles. The molecule has 154 valence electrons. The second kappa shape index (κ2) is 7.61. The number of nitrogens with one attached hydrogen (secondary N) is 1. The zero-order valence-electron chi connectivity index (χ0n) is 15.5. The van der Waals surface area contributed by atoms with Crippen LogP contribution in [0.4, 0.5) is 18.3 Å². The van der Waals surface area contributed by atoms with Gasteiger partial charge in [-0.2, -0.15) is 13.2 Å². The van der Waals surface area contributed by atoms with E-state index in [0.717, 1.165) is 15.8 Å². The van der Waals surface area contributed by atoms with Gasteiger partial charge in [-0.15, -0.1) is 0 Å². The molecule has 29 heavy (non-hydrogen) atoms. The van der Waals surface area contributed by atoms with Crippen LogP contribution in [0.1, 0.15) is 17.5 Å². The Hall–Kier alpha value is -1.54. The first-order valence-corrected chi connectivity index (χ1v) is 10.6. The van der Waals surface area contributed by atoms with E-state index >= 15 is 0 Å². The van der Waals surface area contributed by atoms with Gasteiger partial charge in [0.05, 0.1) is 10.2 Å². The highest BCUT2D eigenvalue weighted by Crippen LogP contribution is 2.50. The third kappa shape index (κ3) is 3.69. The van der Waals surface area contributed by atoms with Gasteiger partial charge < -0.3 is 10.2 Å². The maximum atomic E-state index is 14.3. The SMILES string of the molecule is CNCc1cccc2nc(N3CCC(c4cc(Cl)cc(Cl)c4)(C(F)(F)F)C3)sc12. The first-order chi connectivity index (χ1) is 13.7. The predicted octanol–water partition coefficient (Wildman–Crippen LogP) is 6.03. The minimum Gasteiger partial charge on any atom is -0.347 e. The fraction of sp³-hybridized carbons (Fsp3) is 0.350. The van der Waals surface area contributed by atoms with Crippen molar-refractivity contribution in [2.24, 2.45) is 0 Å². The highest BCUT2D eigenvalue weighted by Gasteiger charge is 2.59. The van der Waals surface area contributed by atoms with Gasteiger partial charge in [-0.1, -0.05) is 46.7 Å². The molecule has 0 bridgehead atoms. The third-order valence-electron chi connectivity index (χ3n) is 5.35. The molecule has 1 unspecified atom stereocenters. The summed E-state index contributed by atoms with van der Waals surface area (Å²) in [6, 6.07) is 9.98. The monoisotopic (exact) mass is 459 g/mol. The number of alkyl halides is 3. The van der Waals surface area contributed by atoms with Crippen LogP contribution in [-0.2, 0) is 12.0 Å². The lowest BCUT2D eigenvalue weighted by atomic mass is 9.79. The van der Waals surface area contributed by atoms with E-state index in [2.05, 4.69) is 10.3 Å². The van der Waals surface area contributed by atoms with Crippen molar-refractivity contribution in [2.75, 3.05) is 25.0 Å². The van der Waals surface area contributed by atoms with Crippen molar-refractivity contribution in [1.82, 2.24) is 10.3 Å². The standard InChI is InChI=1S/C20H18Cl2F3N3S/c1-26-10-12-3-2-4-16-17(12)29-18(27-16)28-6-5-19(11-28,20(23,24)25)13-7-14(21)9-15(22)8-13/h2-4,7-9,26H,5-6,10-11H2,1H3. The van der Waals surface area contributed by atoms with E-state index in [1.54, 1.807) is 4.90 Å². The average molecular weight is 460 g/mol. The molecule has 1 fully saturated rings. The highest BCUT2D eigenvalue weighted by atomic mass is 35.5. The molecule has 9 heteroatoms. The lowest BCUT2D eigenvalue weighted by Crippen LogP contribution is -2.44. The van der Waals surface area contributed by atoms with E-state index in [1.807, 2.05) is 25.2 Å². The molecular weight excluding hydrogens is 442 g/mol. The molecule has 1 aliphatic rings. The topological polar surface area (TPSA) is 28.2 Å². The number of halogens is 5. The Morgan fingerprint density at radius 3 is 2.59 bits per heavy atom. The Kier molecular flexibility index (Phi) is 5.44. The number of hydrogen-bond donors (Lipinski definition) is 1. The van der Waals surface area contributed by atoms with Crippen LogP contribution in [0, 0.1) is 0 Å². The largest absolute Gasteiger partial charge is 0.400 e. The van der Waals surface area contributed by atoms with Crippen LogP contribution in [0.2, 0.25) is 10.0 Å². The van der Waals surface area contributed by atoms with Crippen molar-refractivity contribution >= 4 is 49.9 Å². The molecule has 1 saturated heterocycles. The minimum absolute atomic E-state index is 0.0769. The number of benzene rings is 2. The number of thiazole rings is 1. The Labute approximate surface area is 180 Å². The molecule has 0 saturated carbocycles. The quantitative estimate of drug-likeness (QED) is 0.515. The molecule has 2 heterocycles. The lowest BCUT2D eigenvalue weighted by molar-refractivity contribution is -0.184. The second-order valence-corrected chi connectivity index (χ2v) is 9.05. The van der Waals surface area contributed by atoms with E-state index in [1.165, 1.54) is 29.5 Å². The van der Waals surface area contributed by atoms with Crippen molar-refractivity contribution in [3.63, 3.8) is 0 Å². The van der Waals surface area contributed by atoms with Gasteiger partial charge in [0.1, 0.15) is 5.41 Å². The first kappa shape index (κ1) is 20.7. The van der Waals surface area contributed by atoms with Crippen molar-refractivity contribution < 1.29 is 13.2 Å². The first-order valence-electron chi connectivity index (χ1n) is 9.05. The summed E-state index contributed by atoms with van der Waals surface area (Å²) in [7, 11) is 1.86. The molecule has 3 nitrogen and oxygen atoms in total. The van der Waals surface area contributed by atoms with Gasteiger partial charge in [0.15, 0.2) is 5.13 Å². The maximum Gasteiger partial charge on any atom is 0.400 e. The number of fused-ring (bicyclic) bond motifs is 1. The smallest absolute Gasteiger partial charge is 0.347 e. The zero-order chi connectivity index (χ0) is 20.8. The third-order valence-corrected chi connectivity index (χ3v) is 6.99. The Morgan fingerprint density at radius 2 is 1.93 bits per heavy atom. The molecule has 2 aromatic carbocycles. The van der Waals surface area contributed by atoms with E-state index < -0.39 is 11.6 Å². The summed E-state index contributed by atoms with van der Waals surface area (Å²) in [5, 5.41) is 4.11. The maximum absolute atomic E-state index is 14.3. The molecular formula is C20H18Cl2F3N3S. The normalized spacial score (nSPS) is 20.0. The summed E-state index contributed by atoms with van der Waals surface area (Å²) in [6.45, 7) is 0.714. The Balaban J connectivity index is 1.74. The van der Waals surface area contributed by atoms with Crippen molar-refractivity contribution in [1.29, 1.82) is 0 Å². The lowest BCUT2D eigenvalue weighted by Gasteiger charge is -2.32. The van der Waals surface area contributed by atoms with Gasteiger partial charge in [0, 0.05) is 29.7 Å². The van der Waals surface area contributed by atoms with Gasteiger partial charge in [0.25, 0.3) is 0 Å². The van der Waals surface area contributed by atoms with Gasteiger partial charge in [-0.05, 0) is 48.9 Å². The average Bonchev–Trinajstić information content (AvgIpc) is 3.26. The van der Waals surface area contributed by atoms with Crippen LogP contribution in [0.25, 0.3) is 10.2 Å². The Morgan fingerprint density at radius 1 is 1.21 bits per heavy atom. The zero-order valence-corrected chi connectivity index (χ0v) is 17.8. The van der Waals surface area contributed by atoms with Crippen molar-refractivity contribution in [3.8, 4) is 0 Å². The minimum atomic E-state index is -4.44. The highest BCUT2D eigenvalue weighted by molar-refractivity contribution is 7.22. The summed E-state index contributed by atoms with van der Waals surface area (Å²) in [4.78, 5) is 6.33. The van der Waals surface area contributed by atoms with Crippen LogP contribution in [0.5, 0.6) is 0 Å². The Bertz CT molecular complexity index is 1030. The van der Waals surface area contributed by atoms with Gasteiger partial charge in [-0.25, -0.2) is 4.98 Å². The van der Waals surface area contributed by atoms with Crippen LogP contribution in [0.15, 0.2) is 36.4 Å². The number of nitrogens with zero attached hydrogens (tertiary/aromatic N) is 2. The summed E-state index contributed by atoms with van der Waals surface area (Å²) < 4.78 is 43.8. The van der Waals surface area contributed by atoms with E-state index in [4.69, 9.17) is 23.2 Å². The molecule has 1 N–H and O–H groups in total. The number of hydrogen-bond acceptors (Lipinski definition) is 4. The fourth-order valence-electron chi connectivity index (χ4n) is 3.89. The molecule has 0 radical (unpaired) electrons. The van der Waals surface area contributed by atoms with E-state index in [9.17, 15) is 13.2 Å². The summed E-state index contributed by atoms with van der Waals surface area (Å²) >= 11 is 13.5. The molecule has 0 aliphatic carbocycles. The summed E-state index contributed by atoms with van der Waals surface area (Å²) in [5.74, 6) is 0. The van der Waals surface area contributed by atoms with Crippen LogP contribution < -0.4 is 10.2 Å². The van der Waals surface area contributed by atoms with Gasteiger partial charge in [-0.3, -0.25) is 0 Å². The molecule has 3 aromatic rings. The fourth-order valence-corrected chi connectivity index (χ4v) is 5.52. The second-order valence-electron chi connectivity index (χ2n) is 7.20. The number of rotatable bonds is 4. The van der Waals surface area contributed by atoms with Crippen LogP contribution >= 0.6 is 34.5 Å². The number of anilines is 1. The molecule has 1 atom stereocenters. The summed E-state index contributed by atoms with van der Waals surface area (Å²) in [6.07, 6.45) is -4.52. The molecule has 0 amide bonds. The molecule has 4 rings (SSSR count). The summed E-state index contributed by atoms with van der Waals surface area (Å²) in [5.41, 5.74) is -0.0561. The van der Waals surface area contributed by atoms with E-state index in [0.29, 0.717) is 11.7 Å². The van der Waals surface area contributed by atoms with Crippen molar-refractivity contribution in [3.05, 3.63) is 57.6 Å². The predicted molar refractivity (Wildman–Crippen MR) is 113 cm³/mol. The molecule has 0 spiro atoms. The van der Waals surface area contributed by atoms with Gasteiger partial charge >= 0.3 is 6.18 Å². The van der Waals surface area contributed by atoms with Crippen LogP contribution in [-0.4, -0.2) is 31.3 Å². The van der Waals surface area contributed by atoms with Crippen LogP contribution in [0.3, 0.4) is 0 Å². The number of aromatic nitrogens is 1.